The fraction of sp³-hybridized carbons (Fsp3) is 0.238. The van der Waals surface area contributed by atoms with Gasteiger partial charge >= 0.3 is 11.9 Å². The number of nitrogens with one attached hydrogen (secondary N) is 1. The fourth-order valence-corrected chi connectivity index (χ4v) is 3.52. The number of carbonyl (C=O) groups is 2. The number of hydrogen-bond acceptors (Lipinski definition) is 5. The van der Waals surface area contributed by atoms with Gasteiger partial charge in [-0.05, 0) is 24.1 Å². The van der Waals surface area contributed by atoms with Crippen LogP contribution < -0.4 is 5.32 Å². The second-order valence-corrected chi connectivity index (χ2v) is 7.14. The molecule has 1 aliphatic heterocycles. The highest BCUT2D eigenvalue weighted by molar-refractivity contribution is 6.32. The summed E-state index contributed by atoms with van der Waals surface area (Å²) in [5.41, 5.74) is 1.66. The fourth-order valence-electron chi connectivity index (χ4n) is 3.24. The minimum absolute atomic E-state index is 0.00140. The van der Waals surface area contributed by atoms with Crippen LogP contribution in [0.4, 0.5) is 0 Å². The van der Waals surface area contributed by atoms with Gasteiger partial charge in [0.25, 0.3) is 0 Å². The maximum Gasteiger partial charge on any atom is 0.342 e. The molecular formula is C21H20ClNO5. The van der Waals surface area contributed by atoms with Crippen molar-refractivity contribution in [2.75, 3.05) is 0 Å². The van der Waals surface area contributed by atoms with Gasteiger partial charge < -0.3 is 20.3 Å². The maximum absolute atomic E-state index is 12.2. The van der Waals surface area contributed by atoms with E-state index in [-0.39, 0.29) is 35.1 Å². The van der Waals surface area contributed by atoms with Gasteiger partial charge in [0.05, 0.1) is 0 Å². The molecule has 2 aromatic carbocycles. The van der Waals surface area contributed by atoms with Crippen molar-refractivity contribution in [2.24, 2.45) is 0 Å². The first-order chi connectivity index (χ1) is 13.3. The van der Waals surface area contributed by atoms with Crippen molar-refractivity contribution in [3.05, 3.63) is 70.3 Å². The molecule has 0 aromatic heterocycles. The van der Waals surface area contributed by atoms with Crippen LogP contribution in [0.25, 0.3) is 5.70 Å². The molecule has 7 heteroatoms. The quantitative estimate of drug-likeness (QED) is 0.642. The Morgan fingerprint density at radius 3 is 2.71 bits per heavy atom. The van der Waals surface area contributed by atoms with Crippen LogP contribution in [0.3, 0.4) is 0 Å². The Labute approximate surface area is 167 Å². The highest BCUT2D eigenvalue weighted by Crippen LogP contribution is 2.38. The lowest BCUT2D eigenvalue weighted by Gasteiger charge is -2.25. The lowest BCUT2D eigenvalue weighted by molar-refractivity contribution is -0.139. The zero-order valence-corrected chi connectivity index (χ0v) is 16.0. The molecule has 0 unspecified atom stereocenters. The number of carboxylic acid groups (broad SMARTS) is 1. The number of carbonyl (C=O) groups excluding carboxylic acids is 1. The summed E-state index contributed by atoms with van der Waals surface area (Å²) in [6, 6.07) is 9.65. The van der Waals surface area contributed by atoms with Crippen molar-refractivity contribution in [3.63, 3.8) is 0 Å². The smallest absolute Gasteiger partial charge is 0.342 e. The third-order valence-electron chi connectivity index (χ3n) is 4.61. The highest BCUT2D eigenvalue weighted by atomic mass is 35.5. The standard InChI is InChI=1S/C21H20ClNO5/c1-11-8-15-16(22)10-14(19(24)18(15)21(27)28-11)12(2)23-17(20(25)26)9-13-6-4-3-5-7-13/h3-7,10-11,17,23-24H,2,8-9H2,1H3,(H,25,26)/t11-,17+/m1/s1. The minimum atomic E-state index is -1.07. The molecule has 0 radical (unpaired) electrons. The molecule has 2 atom stereocenters. The number of halogens is 1. The molecular weight excluding hydrogens is 382 g/mol. The van der Waals surface area contributed by atoms with E-state index in [1.165, 1.54) is 6.07 Å². The molecule has 0 saturated heterocycles. The second kappa shape index (κ2) is 7.94. The molecule has 0 fully saturated rings. The summed E-state index contributed by atoms with van der Waals surface area (Å²) in [5, 5.41) is 23.3. The molecule has 0 bridgehead atoms. The van der Waals surface area contributed by atoms with E-state index >= 15 is 0 Å². The Morgan fingerprint density at radius 1 is 1.39 bits per heavy atom. The van der Waals surface area contributed by atoms with Crippen LogP contribution in [0.15, 0.2) is 43.0 Å². The van der Waals surface area contributed by atoms with E-state index in [1.807, 2.05) is 30.3 Å². The van der Waals surface area contributed by atoms with E-state index in [9.17, 15) is 19.8 Å². The van der Waals surface area contributed by atoms with Crippen LogP contribution in [0.5, 0.6) is 5.75 Å². The summed E-state index contributed by atoms with van der Waals surface area (Å²) in [5.74, 6) is -2.05. The topological polar surface area (TPSA) is 95.9 Å². The molecule has 6 nitrogen and oxygen atoms in total. The van der Waals surface area contributed by atoms with Gasteiger partial charge in [0, 0.05) is 29.1 Å². The number of ether oxygens (including phenoxy) is 1. The zero-order chi connectivity index (χ0) is 20.4. The number of phenolic OH excluding ortho intramolecular Hbond substituents is 1. The highest BCUT2D eigenvalue weighted by Gasteiger charge is 2.31. The zero-order valence-electron chi connectivity index (χ0n) is 15.2. The van der Waals surface area contributed by atoms with E-state index in [1.54, 1.807) is 6.92 Å². The molecule has 1 aliphatic rings. The van der Waals surface area contributed by atoms with Gasteiger partial charge in [-0.15, -0.1) is 0 Å². The molecule has 0 spiro atoms. The largest absolute Gasteiger partial charge is 0.506 e. The summed E-state index contributed by atoms with van der Waals surface area (Å²) in [6.07, 6.45) is 0.263. The van der Waals surface area contributed by atoms with Crippen molar-refractivity contribution >= 4 is 29.2 Å². The van der Waals surface area contributed by atoms with Crippen molar-refractivity contribution in [3.8, 4) is 5.75 Å². The number of fused-ring (bicyclic) bond motifs is 1. The minimum Gasteiger partial charge on any atom is -0.506 e. The molecule has 0 saturated carbocycles. The number of benzene rings is 2. The number of carboxylic acids is 1. The summed E-state index contributed by atoms with van der Waals surface area (Å²) < 4.78 is 5.18. The Balaban J connectivity index is 1.89. The van der Waals surface area contributed by atoms with Gasteiger partial charge in [-0.25, -0.2) is 9.59 Å². The Morgan fingerprint density at radius 2 is 2.07 bits per heavy atom. The second-order valence-electron chi connectivity index (χ2n) is 6.73. The molecule has 3 N–H and O–H groups in total. The van der Waals surface area contributed by atoms with Crippen molar-refractivity contribution in [1.82, 2.24) is 5.32 Å². The number of aliphatic carboxylic acids is 1. The van der Waals surface area contributed by atoms with E-state index in [2.05, 4.69) is 11.9 Å². The third-order valence-corrected chi connectivity index (χ3v) is 4.95. The lowest BCUT2D eigenvalue weighted by Crippen LogP contribution is -2.37. The van der Waals surface area contributed by atoms with E-state index < -0.39 is 18.0 Å². The molecule has 3 rings (SSSR count). The molecule has 28 heavy (non-hydrogen) atoms. The van der Waals surface area contributed by atoms with Crippen LogP contribution in [-0.4, -0.2) is 34.3 Å². The molecule has 146 valence electrons. The Bertz CT molecular complexity index is 942. The number of rotatable bonds is 6. The average molecular weight is 402 g/mol. The van der Waals surface area contributed by atoms with Crippen molar-refractivity contribution in [1.29, 1.82) is 0 Å². The van der Waals surface area contributed by atoms with Gasteiger partial charge in [0.15, 0.2) is 0 Å². The average Bonchev–Trinajstić information content (AvgIpc) is 2.64. The number of cyclic esters (lactones) is 1. The number of esters is 1. The summed E-state index contributed by atoms with van der Waals surface area (Å²) in [6.45, 7) is 5.57. The van der Waals surface area contributed by atoms with E-state index in [0.29, 0.717) is 17.0 Å². The molecule has 1 heterocycles. The summed E-state index contributed by atoms with van der Waals surface area (Å²) in [4.78, 5) is 23.9. The van der Waals surface area contributed by atoms with Crippen molar-refractivity contribution in [2.45, 2.75) is 31.9 Å². The Hall–Kier alpha value is -2.99. The van der Waals surface area contributed by atoms with Crippen LogP contribution in [-0.2, 0) is 22.4 Å². The van der Waals surface area contributed by atoms with Crippen LogP contribution >= 0.6 is 11.6 Å². The number of aromatic hydroxyl groups is 1. The van der Waals surface area contributed by atoms with Gasteiger partial charge in [-0.1, -0.05) is 48.5 Å². The van der Waals surface area contributed by atoms with Crippen LogP contribution in [0, 0.1) is 0 Å². The van der Waals surface area contributed by atoms with Gasteiger partial charge in [0.1, 0.15) is 23.5 Å². The van der Waals surface area contributed by atoms with Gasteiger partial charge in [-0.2, -0.15) is 0 Å². The first-order valence-electron chi connectivity index (χ1n) is 8.75. The molecule has 0 aliphatic carbocycles. The lowest BCUT2D eigenvalue weighted by atomic mass is 9.94. The van der Waals surface area contributed by atoms with Crippen LogP contribution in [0.2, 0.25) is 5.02 Å². The van der Waals surface area contributed by atoms with Gasteiger partial charge in [0.2, 0.25) is 0 Å². The predicted molar refractivity (Wildman–Crippen MR) is 105 cm³/mol. The normalized spacial score (nSPS) is 16.6. The summed E-state index contributed by atoms with van der Waals surface area (Å²) in [7, 11) is 0. The van der Waals surface area contributed by atoms with E-state index in [0.717, 1.165) is 5.56 Å². The summed E-state index contributed by atoms with van der Waals surface area (Å²) >= 11 is 6.32. The monoisotopic (exact) mass is 401 g/mol. The first kappa shape index (κ1) is 19.8. The first-order valence-corrected chi connectivity index (χ1v) is 9.13. The Kier molecular flexibility index (Phi) is 5.61. The maximum atomic E-state index is 12.2. The van der Waals surface area contributed by atoms with E-state index in [4.69, 9.17) is 16.3 Å². The molecule has 2 aromatic rings. The van der Waals surface area contributed by atoms with Crippen molar-refractivity contribution < 1.29 is 24.5 Å². The van der Waals surface area contributed by atoms with Crippen LogP contribution in [0.1, 0.15) is 34.0 Å². The number of hydrogen-bond donors (Lipinski definition) is 3. The van der Waals surface area contributed by atoms with Gasteiger partial charge in [-0.3, -0.25) is 0 Å². The predicted octanol–water partition coefficient (Wildman–Crippen LogP) is 3.40. The SMILES string of the molecule is C=C(N[C@@H](Cc1ccccc1)C(=O)O)c1cc(Cl)c2c(c1O)C(=O)O[C@H](C)C2. The number of phenols is 1. The molecule has 0 amide bonds. The third kappa shape index (κ3) is 3.97.